The number of carbonyl (C=O) groups is 1. The Balaban J connectivity index is 2.96. The molecule has 0 bridgehead atoms. The number of carbonyl (C=O) groups excluding carboxylic acids is 1. The molecule has 1 saturated heterocycles. The van der Waals surface area contributed by atoms with E-state index in [9.17, 15) is 15.0 Å². The zero-order valence-electron chi connectivity index (χ0n) is 12.9. The zero-order chi connectivity index (χ0) is 15.4. The maximum absolute atomic E-state index is 11.3. The second-order valence-corrected chi connectivity index (χ2v) is 5.95. The molecule has 0 aromatic rings. The lowest BCUT2D eigenvalue weighted by Crippen LogP contribution is -2.63. The van der Waals surface area contributed by atoms with Crippen LogP contribution in [0.15, 0.2) is 0 Å². The van der Waals surface area contributed by atoms with E-state index < -0.39 is 24.5 Å². The van der Waals surface area contributed by atoms with Crippen molar-refractivity contribution in [1.82, 2.24) is 5.32 Å². The molecule has 118 valence electrons. The van der Waals surface area contributed by atoms with Gasteiger partial charge in [-0.25, -0.2) is 0 Å². The number of rotatable bonds is 5. The largest absolute Gasteiger partial charge is 0.394 e. The Kier molecular flexibility index (Phi) is 6.39. The molecule has 6 heteroatoms. The van der Waals surface area contributed by atoms with Crippen LogP contribution in [-0.2, 0) is 14.3 Å². The van der Waals surface area contributed by atoms with E-state index in [1.807, 2.05) is 27.7 Å². The zero-order valence-corrected chi connectivity index (χ0v) is 12.9. The summed E-state index contributed by atoms with van der Waals surface area (Å²) in [5, 5.41) is 22.7. The normalized spacial score (nSPS) is 34.5. The fraction of sp³-hybridized carbons (Fsp3) is 0.929. The van der Waals surface area contributed by atoms with E-state index in [4.69, 9.17) is 9.47 Å². The van der Waals surface area contributed by atoms with Gasteiger partial charge in [0, 0.05) is 12.8 Å². The summed E-state index contributed by atoms with van der Waals surface area (Å²) in [4.78, 5) is 11.3. The summed E-state index contributed by atoms with van der Waals surface area (Å²) >= 11 is 0. The number of nitrogens with one attached hydrogen (secondary N) is 1. The van der Waals surface area contributed by atoms with Crippen LogP contribution in [-0.4, -0.2) is 53.4 Å². The summed E-state index contributed by atoms with van der Waals surface area (Å²) in [6.07, 6.45) is -2.20. The van der Waals surface area contributed by atoms with Crippen LogP contribution in [0.3, 0.4) is 0 Å². The van der Waals surface area contributed by atoms with Gasteiger partial charge >= 0.3 is 0 Å². The van der Waals surface area contributed by atoms with E-state index >= 15 is 0 Å². The Hall–Kier alpha value is -0.690. The molecule has 6 nitrogen and oxygen atoms in total. The Morgan fingerprint density at radius 2 is 1.95 bits per heavy atom. The fourth-order valence-corrected chi connectivity index (χ4v) is 2.73. The van der Waals surface area contributed by atoms with Gasteiger partial charge in [-0.2, -0.15) is 0 Å². The van der Waals surface area contributed by atoms with Crippen molar-refractivity contribution < 1.29 is 24.5 Å². The van der Waals surface area contributed by atoms with Gasteiger partial charge in [-0.3, -0.25) is 4.79 Å². The molecule has 0 radical (unpaired) electrons. The van der Waals surface area contributed by atoms with Crippen LogP contribution in [0.1, 0.15) is 34.6 Å². The van der Waals surface area contributed by atoms with Gasteiger partial charge in [0.15, 0.2) is 6.29 Å². The third-order valence-corrected chi connectivity index (χ3v) is 3.52. The minimum atomic E-state index is -0.825. The van der Waals surface area contributed by atoms with Crippen LogP contribution in [0.25, 0.3) is 0 Å². The van der Waals surface area contributed by atoms with Crippen LogP contribution in [0.5, 0.6) is 0 Å². The quantitative estimate of drug-likeness (QED) is 0.676. The van der Waals surface area contributed by atoms with E-state index in [2.05, 4.69) is 5.32 Å². The highest BCUT2D eigenvalue weighted by atomic mass is 16.7. The van der Waals surface area contributed by atoms with Gasteiger partial charge < -0.3 is 25.0 Å². The molecule has 1 aliphatic rings. The van der Waals surface area contributed by atoms with Gasteiger partial charge in [0.25, 0.3) is 0 Å². The molecule has 1 fully saturated rings. The average Bonchev–Trinajstić information content (AvgIpc) is 2.31. The molecule has 1 heterocycles. The van der Waals surface area contributed by atoms with Crippen molar-refractivity contribution >= 4 is 5.91 Å². The average molecular weight is 289 g/mol. The molecule has 5 atom stereocenters. The molecule has 0 spiro atoms. The molecular weight excluding hydrogens is 262 g/mol. The standard InChI is InChI=1S/C14H27NO5/c1-7(2)11-10(6-16)20-14(19-8(3)4)12(13(11)18)15-9(5)17/h7-8,10-14,16,18H,6H2,1-5H3,(H,15,17). The molecule has 3 N–H and O–H groups in total. The second-order valence-electron chi connectivity index (χ2n) is 5.95. The lowest BCUT2D eigenvalue weighted by atomic mass is 9.80. The van der Waals surface area contributed by atoms with Crippen molar-refractivity contribution in [1.29, 1.82) is 0 Å². The van der Waals surface area contributed by atoms with E-state index in [1.54, 1.807) is 0 Å². The highest BCUT2D eigenvalue weighted by molar-refractivity contribution is 5.73. The third kappa shape index (κ3) is 4.15. The Morgan fingerprint density at radius 1 is 1.35 bits per heavy atom. The Bertz CT molecular complexity index is 319. The van der Waals surface area contributed by atoms with Gasteiger partial charge in [0.1, 0.15) is 6.04 Å². The van der Waals surface area contributed by atoms with Crippen LogP contribution >= 0.6 is 0 Å². The predicted octanol–water partition coefficient (Wildman–Crippen LogP) is 0.266. The lowest BCUT2D eigenvalue weighted by Gasteiger charge is -2.46. The summed E-state index contributed by atoms with van der Waals surface area (Å²) in [7, 11) is 0. The first-order chi connectivity index (χ1) is 9.27. The number of ether oxygens (including phenoxy) is 2. The van der Waals surface area contributed by atoms with E-state index in [1.165, 1.54) is 6.92 Å². The first-order valence-electron chi connectivity index (χ1n) is 7.14. The first-order valence-corrected chi connectivity index (χ1v) is 7.14. The number of aliphatic hydroxyl groups excluding tert-OH is 2. The topological polar surface area (TPSA) is 88.0 Å². The van der Waals surface area contributed by atoms with Gasteiger partial charge in [0.2, 0.25) is 5.91 Å². The SMILES string of the molecule is CC(=O)NC1C(OC(C)C)OC(CO)C(C(C)C)C1O. The molecule has 20 heavy (non-hydrogen) atoms. The number of hydrogen-bond donors (Lipinski definition) is 3. The fourth-order valence-electron chi connectivity index (χ4n) is 2.73. The Labute approximate surface area is 120 Å². The van der Waals surface area contributed by atoms with Crippen molar-refractivity contribution in [3.8, 4) is 0 Å². The maximum atomic E-state index is 11.3. The minimum Gasteiger partial charge on any atom is -0.394 e. The van der Waals surface area contributed by atoms with Gasteiger partial charge in [-0.15, -0.1) is 0 Å². The summed E-state index contributed by atoms with van der Waals surface area (Å²) < 4.78 is 11.4. The van der Waals surface area contributed by atoms with Crippen molar-refractivity contribution in [3.05, 3.63) is 0 Å². The smallest absolute Gasteiger partial charge is 0.217 e. The van der Waals surface area contributed by atoms with E-state index in [-0.39, 0.29) is 30.5 Å². The molecular formula is C14H27NO5. The minimum absolute atomic E-state index is 0.110. The predicted molar refractivity (Wildman–Crippen MR) is 73.9 cm³/mol. The third-order valence-electron chi connectivity index (χ3n) is 3.52. The summed E-state index contributed by atoms with van der Waals surface area (Å²) in [6, 6.07) is -0.634. The molecule has 1 aliphatic heterocycles. The van der Waals surface area contributed by atoms with Crippen molar-refractivity contribution in [3.63, 3.8) is 0 Å². The number of amides is 1. The van der Waals surface area contributed by atoms with E-state index in [0.717, 1.165) is 0 Å². The van der Waals surface area contributed by atoms with Gasteiger partial charge in [-0.05, 0) is 19.8 Å². The summed E-state index contributed by atoms with van der Waals surface area (Å²) in [5.74, 6) is -0.401. The lowest BCUT2D eigenvalue weighted by molar-refractivity contribution is -0.272. The molecule has 1 rings (SSSR count). The Morgan fingerprint density at radius 3 is 2.35 bits per heavy atom. The highest BCUT2D eigenvalue weighted by Crippen LogP contribution is 2.32. The number of aliphatic hydroxyl groups is 2. The van der Waals surface area contributed by atoms with Crippen LogP contribution < -0.4 is 5.32 Å². The molecule has 0 saturated carbocycles. The van der Waals surface area contributed by atoms with Crippen LogP contribution in [0, 0.1) is 11.8 Å². The number of hydrogen-bond acceptors (Lipinski definition) is 5. The monoisotopic (exact) mass is 289 g/mol. The molecule has 5 unspecified atom stereocenters. The van der Waals surface area contributed by atoms with Crippen molar-refractivity contribution in [2.45, 2.75) is 65.3 Å². The second kappa shape index (κ2) is 7.36. The molecule has 0 aromatic carbocycles. The molecule has 0 aromatic heterocycles. The molecule has 1 amide bonds. The first kappa shape index (κ1) is 17.4. The van der Waals surface area contributed by atoms with E-state index in [0.29, 0.717) is 0 Å². The van der Waals surface area contributed by atoms with Crippen LogP contribution in [0.4, 0.5) is 0 Å². The highest BCUT2D eigenvalue weighted by Gasteiger charge is 2.47. The van der Waals surface area contributed by atoms with Crippen molar-refractivity contribution in [2.75, 3.05) is 6.61 Å². The molecule has 0 aliphatic carbocycles. The van der Waals surface area contributed by atoms with Gasteiger partial charge in [-0.1, -0.05) is 13.8 Å². The van der Waals surface area contributed by atoms with Crippen molar-refractivity contribution in [2.24, 2.45) is 11.8 Å². The summed E-state index contributed by atoms with van der Waals surface area (Å²) in [5.41, 5.74) is 0. The summed E-state index contributed by atoms with van der Waals surface area (Å²) in [6.45, 7) is 8.81. The van der Waals surface area contributed by atoms with Gasteiger partial charge in [0.05, 0.1) is 24.9 Å². The maximum Gasteiger partial charge on any atom is 0.217 e. The van der Waals surface area contributed by atoms with Crippen LogP contribution in [0.2, 0.25) is 0 Å².